The molecule has 0 bridgehead atoms. The lowest BCUT2D eigenvalue weighted by molar-refractivity contribution is -0.141. The van der Waals surface area contributed by atoms with Gasteiger partial charge in [-0.25, -0.2) is 9.97 Å². The van der Waals surface area contributed by atoms with E-state index in [1.165, 1.54) is 104 Å². The van der Waals surface area contributed by atoms with E-state index in [1.54, 1.807) is 21.1 Å². The quantitative estimate of drug-likeness (QED) is 0.00973. The Bertz CT molecular complexity index is 4370. The number of hydrogen-bond acceptors (Lipinski definition) is 21. The number of imidazole rings is 2. The molecule has 2 fully saturated rings. The number of guanidine groups is 2. The van der Waals surface area contributed by atoms with E-state index in [2.05, 4.69) is 78.4 Å². The number of aryl methyl sites for hydroxylation is 4. The van der Waals surface area contributed by atoms with Crippen LogP contribution in [0.1, 0.15) is 130 Å². The molecule has 8 heterocycles. The highest BCUT2D eigenvalue weighted by Gasteiger charge is 2.45. The highest BCUT2D eigenvalue weighted by molar-refractivity contribution is 6.10. The minimum absolute atomic E-state index is 0.0116. The van der Waals surface area contributed by atoms with Crippen molar-refractivity contribution in [2.75, 3.05) is 60.5 Å². The molecule has 29 N–H and O–H groups in total. The van der Waals surface area contributed by atoms with Crippen molar-refractivity contribution in [3.8, 4) is 0 Å². The van der Waals surface area contributed by atoms with Crippen LogP contribution in [0.4, 0.5) is 22.7 Å². The van der Waals surface area contributed by atoms with Crippen molar-refractivity contribution in [1.29, 1.82) is 10.8 Å². The SMILES string of the molecule is Cn1cc(NC(=O)c2cc(NC(=O)[C@@H](CCCCN)NC(=O)[C@H](CCCNC(=N)N)NC(=O)[C@@H]3C[C@@H](O)CN3C(=O)[C@@H](N)Cc3cnc[nH]3)cn2C)cc1C(=O)Nc1cc(C(=O)Nc2cc(C(=O)N[C@@H](Cc3cnc[nH]3)C(=O)N3C[C@H](O)C[C@H]3C(=O)N[C@@H](CCCNC(=N)N)C(=O)N[C@@H](CCCCN)C(N)=O)n(C)c2)n(C)c1. The largest absolute Gasteiger partial charge is 0.391 e. The number of likely N-dealkylation sites (tertiary alicyclic amines) is 2. The Labute approximate surface area is 648 Å². The number of carbonyl (C=O) groups excluding carboxylic acids is 12. The second kappa shape index (κ2) is 40.5. The van der Waals surface area contributed by atoms with E-state index in [0.29, 0.717) is 43.6 Å². The number of rotatable bonds is 41. The summed E-state index contributed by atoms with van der Waals surface area (Å²) in [6, 6.07) is -4.31. The van der Waals surface area contributed by atoms with Gasteiger partial charge < -0.3 is 141 Å². The fourth-order valence-electron chi connectivity index (χ4n) is 13.3. The van der Waals surface area contributed by atoms with Gasteiger partial charge in [0.05, 0.1) is 53.7 Å². The van der Waals surface area contributed by atoms with E-state index in [0.717, 1.165) is 4.90 Å². The minimum atomic E-state index is -1.39. The Morgan fingerprint density at radius 3 is 1.25 bits per heavy atom. The highest BCUT2D eigenvalue weighted by Crippen LogP contribution is 2.26. The van der Waals surface area contributed by atoms with E-state index in [1.807, 2.05) is 0 Å². The van der Waals surface area contributed by atoms with E-state index in [4.69, 9.17) is 45.2 Å². The normalized spacial score (nSPS) is 16.8. The van der Waals surface area contributed by atoms with Crippen molar-refractivity contribution in [3.63, 3.8) is 0 Å². The first-order valence-corrected chi connectivity index (χ1v) is 36.8. The molecule has 43 heteroatoms. The summed E-state index contributed by atoms with van der Waals surface area (Å²) in [6.45, 7) is 0.392. The van der Waals surface area contributed by atoms with Crippen molar-refractivity contribution < 1.29 is 67.7 Å². The standard InChI is InChI=1S/C70H103N29O14/c1-94-29-39(85-58(103)47(12-6-8-16-72)90-60(105)49(14-10-18-82-70(77)78)92-65(110)55-25-43(100)33-98(55)67(112)45(73)19-37-27-79-35-83-37)21-51(94)61(106)86-40-22-52(95(2)30-40)62(107)87-41-23-53(96(3)31-41)63(108)88-42-24-54(97(4)32-42)64(109)93-50(20-38-28-80-36-84-38)68(113)99-34-44(101)26-56(99)66(111)91-48(13-9-17-81-69(75)76)59(104)89-46(57(74)102)11-5-7-15-71/h21-24,27-32,35-36,43-50,55-56,100-101H,5-20,25-26,33-34,71-73H2,1-4H3,(H2,74,102)(H,79,83)(H,80,84)(H,85,103)(H,86,106)(H,87,107)(H,88,108)(H,89,104)(H,90,105)(H,91,111)(H,92,110)(H,93,109)(H4,75,76,81)(H4,77,78,82)/t43-,44-,45+,46+,47-,48+,49+,50+,55+,56+/m1/s1. The number of aliphatic hydroxyl groups excluding tert-OH is 2. The fraction of sp³-hybridized carbons (Fsp3) is 0.486. The van der Waals surface area contributed by atoms with Crippen LogP contribution < -0.4 is 92.9 Å². The minimum Gasteiger partial charge on any atom is -0.391 e. The average molecular weight is 1570 g/mol. The first-order valence-electron chi connectivity index (χ1n) is 36.8. The first kappa shape index (κ1) is 86.1. The number of β-amino-alcohol motifs (C(OH)–C–C–N with tert-alkyl or cyclic N) is 2. The van der Waals surface area contributed by atoms with Crippen molar-refractivity contribution in [2.45, 2.75) is 150 Å². The molecule has 10 atom stereocenters. The second-order valence-corrected chi connectivity index (χ2v) is 27.9. The van der Waals surface area contributed by atoms with Gasteiger partial charge in [0, 0.05) is 129 Å². The summed E-state index contributed by atoms with van der Waals surface area (Å²) in [5, 5.41) is 66.4. The number of aromatic nitrogens is 8. The van der Waals surface area contributed by atoms with Crippen molar-refractivity contribution in [1.82, 2.24) is 85.2 Å². The van der Waals surface area contributed by atoms with Gasteiger partial charge in [0.15, 0.2) is 11.9 Å². The molecule has 113 heavy (non-hydrogen) atoms. The maximum Gasteiger partial charge on any atom is 0.272 e. The Kier molecular flexibility index (Phi) is 30.8. The van der Waals surface area contributed by atoms with Crippen LogP contribution in [0.2, 0.25) is 0 Å². The Balaban J connectivity index is 0.874. The van der Waals surface area contributed by atoms with Crippen molar-refractivity contribution >= 4 is 106 Å². The number of hydrogen-bond donors (Lipinski definition) is 23. The number of nitrogens with one attached hydrogen (secondary N) is 15. The third-order valence-electron chi connectivity index (χ3n) is 19.0. The number of anilines is 4. The lowest BCUT2D eigenvalue weighted by Gasteiger charge is -2.30. The molecule has 12 amide bonds. The highest BCUT2D eigenvalue weighted by atomic mass is 16.3. The molecule has 612 valence electrons. The van der Waals surface area contributed by atoms with Gasteiger partial charge in [0.1, 0.15) is 65.1 Å². The summed E-state index contributed by atoms with van der Waals surface area (Å²) >= 11 is 0. The van der Waals surface area contributed by atoms with E-state index >= 15 is 0 Å². The van der Waals surface area contributed by atoms with Gasteiger partial charge in [-0.1, -0.05) is 0 Å². The molecule has 0 unspecified atom stereocenters. The third kappa shape index (κ3) is 24.3. The predicted octanol–water partition coefficient (Wildman–Crippen LogP) is -4.77. The van der Waals surface area contributed by atoms with Gasteiger partial charge in [-0.05, 0) is 102 Å². The Hall–Kier alpha value is -12.5. The molecule has 8 rings (SSSR count). The number of nitrogens with zero attached hydrogens (tertiary/aromatic N) is 8. The summed E-state index contributed by atoms with van der Waals surface area (Å²) in [5.74, 6) is -9.31. The molecule has 2 aliphatic heterocycles. The molecule has 0 spiro atoms. The molecule has 6 aromatic heterocycles. The van der Waals surface area contributed by atoms with Gasteiger partial charge in [-0.15, -0.1) is 0 Å². The lowest BCUT2D eigenvalue weighted by atomic mass is 10.0. The maximum atomic E-state index is 14.7. The molecule has 0 saturated carbocycles. The zero-order chi connectivity index (χ0) is 82.3. The van der Waals surface area contributed by atoms with Gasteiger partial charge in [-0.3, -0.25) is 68.4 Å². The number of aliphatic hydroxyl groups is 2. The molecule has 0 aromatic carbocycles. The summed E-state index contributed by atoms with van der Waals surface area (Å²) in [6.07, 6.45) is 11.5. The third-order valence-corrected chi connectivity index (χ3v) is 19.0. The van der Waals surface area contributed by atoms with Crippen LogP contribution in [-0.4, -0.2) is 241 Å². The van der Waals surface area contributed by atoms with Crippen LogP contribution in [-0.2, 0) is 79.4 Å². The molecular formula is C70H103N29O14. The number of unbranched alkanes of at least 4 members (excludes halogenated alkanes) is 2. The molecular weight excluding hydrogens is 1470 g/mol. The maximum absolute atomic E-state index is 14.7. The van der Waals surface area contributed by atoms with E-state index < -0.39 is 131 Å². The van der Waals surface area contributed by atoms with Gasteiger partial charge >= 0.3 is 0 Å². The predicted molar refractivity (Wildman–Crippen MR) is 411 cm³/mol. The number of primary amides is 1. The number of nitrogens with two attached hydrogens (primary N) is 6. The molecule has 6 aromatic rings. The van der Waals surface area contributed by atoms with Crippen LogP contribution in [0.15, 0.2) is 74.1 Å². The zero-order valence-electron chi connectivity index (χ0n) is 63.2. The topological polar surface area (TPSA) is 665 Å². The first-order chi connectivity index (χ1) is 53.8. The summed E-state index contributed by atoms with van der Waals surface area (Å²) in [5.41, 5.74) is 36.1. The summed E-state index contributed by atoms with van der Waals surface area (Å²) in [7, 11) is 6.20. The number of carbonyl (C=O) groups is 12. The smallest absolute Gasteiger partial charge is 0.272 e. The molecule has 2 saturated heterocycles. The number of amides is 12. The van der Waals surface area contributed by atoms with Crippen LogP contribution in [0.5, 0.6) is 0 Å². The van der Waals surface area contributed by atoms with Crippen LogP contribution in [0.3, 0.4) is 0 Å². The monoisotopic (exact) mass is 1570 g/mol. The van der Waals surface area contributed by atoms with Gasteiger partial charge in [-0.2, -0.15) is 0 Å². The van der Waals surface area contributed by atoms with Crippen LogP contribution >= 0.6 is 0 Å². The van der Waals surface area contributed by atoms with E-state index in [-0.39, 0.29) is 154 Å². The van der Waals surface area contributed by atoms with Gasteiger partial charge in [0.25, 0.3) is 23.6 Å². The summed E-state index contributed by atoms with van der Waals surface area (Å²) < 4.78 is 5.74. The second-order valence-electron chi connectivity index (χ2n) is 27.9. The van der Waals surface area contributed by atoms with Crippen LogP contribution in [0, 0.1) is 10.8 Å². The molecule has 0 aliphatic carbocycles. The molecule has 2 aliphatic rings. The lowest BCUT2D eigenvalue weighted by Crippen LogP contribution is -2.58. The molecule has 43 nitrogen and oxygen atoms in total. The fourth-order valence-corrected chi connectivity index (χ4v) is 13.3. The van der Waals surface area contributed by atoms with Crippen molar-refractivity contribution in [3.05, 3.63) is 108 Å². The average Bonchev–Trinajstić information content (AvgIpc) is 1.41. The van der Waals surface area contributed by atoms with E-state index in [9.17, 15) is 67.7 Å². The number of aromatic amines is 2. The Morgan fingerprint density at radius 1 is 0.478 bits per heavy atom. The summed E-state index contributed by atoms with van der Waals surface area (Å²) in [4.78, 5) is 183. The Morgan fingerprint density at radius 2 is 0.850 bits per heavy atom. The van der Waals surface area contributed by atoms with Crippen LogP contribution in [0.25, 0.3) is 0 Å². The zero-order valence-corrected chi connectivity index (χ0v) is 63.2. The van der Waals surface area contributed by atoms with Gasteiger partial charge in [0.2, 0.25) is 47.3 Å². The van der Waals surface area contributed by atoms with Crippen molar-refractivity contribution in [2.24, 2.45) is 62.6 Å². The number of H-pyrrole nitrogens is 2. The molecule has 0 radical (unpaired) electrons.